The number of rotatable bonds is 7. The van der Waals surface area contributed by atoms with Crippen LogP contribution < -0.4 is 15.4 Å². The van der Waals surface area contributed by atoms with Gasteiger partial charge in [0.05, 0.1) is 22.7 Å². The number of fused-ring (bicyclic) bond motifs is 3. The Morgan fingerprint density at radius 3 is 2.59 bits per heavy atom. The summed E-state index contributed by atoms with van der Waals surface area (Å²) >= 11 is 0. The number of anilines is 3. The van der Waals surface area contributed by atoms with Crippen molar-refractivity contribution in [3.8, 4) is 11.3 Å². The molecule has 4 rings (SSSR count). The molecule has 1 aliphatic heterocycles. The normalized spacial score (nSPS) is 13.2. The van der Waals surface area contributed by atoms with Crippen molar-refractivity contribution in [3.63, 3.8) is 0 Å². The number of sulfonamides is 1. The summed E-state index contributed by atoms with van der Waals surface area (Å²) in [6.07, 6.45) is 1.83. The molecule has 0 spiro atoms. The molecule has 0 unspecified atom stereocenters. The molecule has 32 heavy (non-hydrogen) atoms. The van der Waals surface area contributed by atoms with E-state index in [9.17, 15) is 13.2 Å². The van der Waals surface area contributed by atoms with Crippen LogP contribution in [0.4, 0.5) is 17.3 Å². The maximum atomic E-state index is 12.4. The molecule has 1 amide bonds. The quantitative estimate of drug-likeness (QED) is 0.503. The van der Waals surface area contributed by atoms with Crippen LogP contribution in [0.5, 0.6) is 0 Å². The van der Waals surface area contributed by atoms with Gasteiger partial charge in [0, 0.05) is 36.1 Å². The molecule has 1 aromatic heterocycles. The van der Waals surface area contributed by atoms with Gasteiger partial charge in [0.25, 0.3) is 0 Å². The first kappa shape index (κ1) is 21.9. The highest BCUT2D eigenvalue weighted by Gasteiger charge is 2.20. The average Bonchev–Trinajstić information content (AvgIpc) is 2.89. The largest absolute Gasteiger partial charge is 0.325 e. The zero-order valence-electron chi connectivity index (χ0n) is 17.8. The highest BCUT2D eigenvalue weighted by Crippen LogP contribution is 2.32. The van der Waals surface area contributed by atoms with Crippen molar-refractivity contribution < 1.29 is 13.2 Å². The van der Waals surface area contributed by atoms with Gasteiger partial charge in [-0.15, -0.1) is 0 Å². The number of amides is 1. The van der Waals surface area contributed by atoms with E-state index in [1.54, 1.807) is 18.3 Å². The van der Waals surface area contributed by atoms with Gasteiger partial charge in [-0.05, 0) is 44.4 Å². The van der Waals surface area contributed by atoms with Crippen LogP contribution in [-0.4, -0.2) is 56.4 Å². The molecule has 9 nitrogen and oxygen atoms in total. The minimum Gasteiger partial charge on any atom is -0.325 e. The SMILES string of the molecule is CN(C)CCNS(=O)(=O)c1ccc(Nc2ncc3c(n2)-c2ccccc2NC(=O)C3)cc1. The summed E-state index contributed by atoms with van der Waals surface area (Å²) in [5.41, 5.74) is 3.60. The number of aromatic nitrogens is 2. The number of para-hydroxylation sites is 1. The van der Waals surface area contributed by atoms with E-state index in [1.165, 1.54) is 12.1 Å². The molecular weight excluding hydrogens is 428 g/mol. The minimum absolute atomic E-state index is 0.114. The first-order valence-corrected chi connectivity index (χ1v) is 11.6. The van der Waals surface area contributed by atoms with Crippen LogP contribution in [0.1, 0.15) is 5.56 Å². The summed E-state index contributed by atoms with van der Waals surface area (Å²) in [6.45, 7) is 0.940. The van der Waals surface area contributed by atoms with Crippen LogP contribution in [0.3, 0.4) is 0 Å². The lowest BCUT2D eigenvalue weighted by Gasteiger charge is -2.12. The van der Waals surface area contributed by atoms with Crippen LogP contribution in [0.25, 0.3) is 11.3 Å². The lowest BCUT2D eigenvalue weighted by Crippen LogP contribution is -2.31. The van der Waals surface area contributed by atoms with Crippen LogP contribution >= 0.6 is 0 Å². The number of carbonyl (C=O) groups excluding carboxylic acids is 1. The van der Waals surface area contributed by atoms with Crippen molar-refractivity contribution in [2.24, 2.45) is 0 Å². The number of hydrogen-bond donors (Lipinski definition) is 3. The Labute approximate surface area is 187 Å². The van der Waals surface area contributed by atoms with Crippen LogP contribution in [0.15, 0.2) is 59.6 Å². The maximum absolute atomic E-state index is 12.4. The molecule has 0 saturated carbocycles. The molecule has 10 heteroatoms. The molecule has 0 bridgehead atoms. The Kier molecular flexibility index (Phi) is 6.17. The average molecular weight is 453 g/mol. The maximum Gasteiger partial charge on any atom is 0.240 e. The number of likely N-dealkylation sites (N-methyl/N-ethyl adjacent to an activating group) is 1. The first-order chi connectivity index (χ1) is 15.3. The fraction of sp³-hybridized carbons (Fsp3) is 0.227. The Morgan fingerprint density at radius 2 is 1.84 bits per heavy atom. The Morgan fingerprint density at radius 1 is 1.09 bits per heavy atom. The molecule has 1 aliphatic rings. The molecule has 0 radical (unpaired) electrons. The van der Waals surface area contributed by atoms with Gasteiger partial charge in [0.15, 0.2) is 0 Å². The smallest absolute Gasteiger partial charge is 0.240 e. The van der Waals surface area contributed by atoms with Crippen LogP contribution in [0, 0.1) is 0 Å². The summed E-state index contributed by atoms with van der Waals surface area (Å²) in [4.78, 5) is 23.2. The Hall–Kier alpha value is -3.34. The molecule has 2 aromatic carbocycles. The van der Waals surface area contributed by atoms with Crippen LogP contribution in [-0.2, 0) is 21.2 Å². The fourth-order valence-corrected chi connectivity index (χ4v) is 4.35. The Balaban J connectivity index is 1.54. The van der Waals surface area contributed by atoms with E-state index in [-0.39, 0.29) is 17.2 Å². The van der Waals surface area contributed by atoms with E-state index in [1.807, 2.05) is 43.3 Å². The number of hydrogen-bond acceptors (Lipinski definition) is 7. The molecular formula is C22H24N6O3S. The van der Waals surface area contributed by atoms with Crippen molar-refractivity contribution >= 4 is 33.3 Å². The molecule has 0 fully saturated rings. The van der Waals surface area contributed by atoms with Crippen molar-refractivity contribution in [1.29, 1.82) is 0 Å². The highest BCUT2D eigenvalue weighted by atomic mass is 32.2. The molecule has 3 aromatic rings. The van der Waals surface area contributed by atoms with E-state index in [2.05, 4.69) is 25.3 Å². The van der Waals surface area contributed by atoms with Crippen molar-refractivity contribution in [1.82, 2.24) is 19.6 Å². The third-order valence-electron chi connectivity index (χ3n) is 4.94. The van der Waals surface area contributed by atoms with E-state index in [4.69, 9.17) is 0 Å². The van der Waals surface area contributed by atoms with Gasteiger partial charge in [-0.1, -0.05) is 18.2 Å². The second-order valence-electron chi connectivity index (χ2n) is 7.69. The first-order valence-electron chi connectivity index (χ1n) is 10.1. The predicted octanol–water partition coefficient (Wildman–Crippen LogP) is 2.22. The van der Waals surface area contributed by atoms with E-state index in [0.717, 1.165) is 11.1 Å². The second-order valence-corrected chi connectivity index (χ2v) is 9.46. The Bertz CT molecular complexity index is 1240. The molecule has 0 aliphatic carbocycles. The summed E-state index contributed by atoms with van der Waals surface area (Å²) < 4.78 is 27.4. The van der Waals surface area contributed by atoms with Crippen LogP contribution in [0.2, 0.25) is 0 Å². The highest BCUT2D eigenvalue weighted by molar-refractivity contribution is 7.89. The molecule has 2 heterocycles. The van der Waals surface area contributed by atoms with Crippen molar-refractivity contribution in [2.75, 3.05) is 37.8 Å². The fourth-order valence-electron chi connectivity index (χ4n) is 3.33. The van der Waals surface area contributed by atoms with Gasteiger partial charge < -0.3 is 15.5 Å². The molecule has 3 N–H and O–H groups in total. The summed E-state index contributed by atoms with van der Waals surface area (Å²) in [5.74, 6) is 0.240. The van der Waals surface area contributed by atoms with Crippen molar-refractivity contribution in [2.45, 2.75) is 11.3 Å². The predicted molar refractivity (Wildman–Crippen MR) is 123 cm³/mol. The zero-order chi connectivity index (χ0) is 22.7. The van der Waals surface area contributed by atoms with E-state index in [0.29, 0.717) is 36.1 Å². The number of benzene rings is 2. The monoisotopic (exact) mass is 452 g/mol. The van der Waals surface area contributed by atoms with Gasteiger partial charge in [-0.3, -0.25) is 4.79 Å². The van der Waals surface area contributed by atoms with Gasteiger partial charge in [-0.2, -0.15) is 0 Å². The molecule has 166 valence electrons. The van der Waals surface area contributed by atoms with E-state index < -0.39 is 10.0 Å². The topological polar surface area (TPSA) is 116 Å². The standard InChI is InChI=1S/C22H24N6O3S/c1-28(2)12-11-24-32(30,31)17-9-7-16(8-10-17)25-22-23-14-15-13-20(29)26-19-6-4-3-5-18(19)21(15)27-22/h3-10,14,24H,11-13H2,1-2H3,(H,26,29)(H,23,25,27). The lowest BCUT2D eigenvalue weighted by molar-refractivity contribution is -0.115. The van der Waals surface area contributed by atoms with Gasteiger partial charge in [0.2, 0.25) is 21.9 Å². The zero-order valence-corrected chi connectivity index (χ0v) is 18.6. The summed E-state index contributed by atoms with van der Waals surface area (Å²) in [6, 6.07) is 13.9. The third kappa shape index (κ3) is 4.93. The lowest BCUT2D eigenvalue weighted by atomic mass is 10.1. The number of carbonyl (C=O) groups is 1. The molecule has 0 atom stereocenters. The van der Waals surface area contributed by atoms with Gasteiger partial charge >= 0.3 is 0 Å². The third-order valence-corrected chi connectivity index (χ3v) is 6.42. The van der Waals surface area contributed by atoms with Gasteiger partial charge in [-0.25, -0.2) is 23.1 Å². The number of nitrogens with zero attached hydrogens (tertiary/aromatic N) is 3. The second kappa shape index (κ2) is 9.03. The van der Waals surface area contributed by atoms with E-state index >= 15 is 0 Å². The minimum atomic E-state index is -3.57. The van der Waals surface area contributed by atoms with Crippen molar-refractivity contribution in [3.05, 3.63) is 60.3 Å². The van der Waals surface area contributed by atoms with Gasteiger partial charge in [0.1, 0.15) is 0 Å². The summed E-state index contributed by atoms with van der Waals surface area (Å²) in [7, 11) is 0.187. The summed E-state index contributed by atoms with van der Waals surface area (Å²) in [5, 5.41) is 5.99. The number of nitrogens with one attached hydrogen (secondary N) is 3. The molecule has 0 saturated heterocycles.